The minimum atomic E-state index is 0.204. The Kier molecular flexibility index (Phi) is 3.25. The second-order valence-corrected chi connectivity index (χ2v) is 7.54. The van der Waals surface area contributed by atoms with Gasteiger partial charge in [0.15, 0.2) is 11.7 Å². The van der Waals surface area contributed by atoms with Gasteiger partial charge in [0.1, 0.15) is 0 Å². The van der Waals surface area contributed by atoms with E-state index in [1.165, 1.54) is 38.5 Å². The van der Waals surface area contributed by atoms with Crippen LogP contribution in [0.1, 0.15) is 50.3 Å². The summed E-state index contributed by atoms with van der Waals surface area (Å²) in [7, 11) is 0. The van der Waals surface area contributed by atoms with Crippen molar-refractivity contribution in [2.24, 2.45) is 17.8 Å². The van der Waals surface area contributed by atoms with E-state index in [1.54, 1.807) is 6.20 Å². The van der Waals surface area contributed by atoms with Crippen LogP contribution in [0.25, 0.3) is 11.3 Å². The maximum Gasteiger partial charge on any atom is 0.228 e. The van der Waals surface area contributed by atoms with Gasteiger partial charge in [-0.15, -0.1) is 0 Å². The summed E-state index contributed by atoms with van der Waals surface area (Å²) in [6, 6.07) is 7.90. The van der Waals surface area contributed by atoms with Crippen LogP contribution in [0.5, 0.6) is 0 Å². The van der Waals surface area contributed by atoms with E-state index in [2.05, 4.69) is 10.3 Å². The second kappa shape index (κ2) is 5.47. The Bertz CT molecular complexity index is 748. The topological polar surface area (TPSA) is 55.1 Å². The van der Waals surface area contributed by atoms with Gasteiger partial charge in [-0.25, -0.2) is 4.98 Å². The molecule has 1 heterocycles. The normalized spacial score (nSPS) is 28.2. The van der Waals surface area contributed by atoms with Gasteiger partial charge in [-0.1, -0.05) is 12.8 Å². The van der Waals surface area contributed by atoms with Crippen LogP contribution in [0.2, 0.25) is 0 Å². The highest BCUT2D eigenvalue weighted by Gasteiger charge is 2.54. The molecule has 3 fully saturated rings. The first kappa shape index (κ1) is 14.3. The molecule has 3 saturated carbocycles. The van der Waals surface area contributed by atoms with E-state index in [9.17, 15) is 4.79 Å². The Morgan fingerprint density at radius 1 is 1.04 bits per heavy atom. The molecule has 3 aliphatic rings. The predicted molar refractivity (Wildman–Crippen MR) is 91.5 cm³/mol. The molecule has 0 radical (unpaired) electrons. The van der Waals surface area contributed by atoms with Gasteiger partial charge in [0.25, 0.3) is 0 Å². The monoisotopic (exact) mass is 322 g/mol. The molecule has 2 unspecified atom stereocenters. The quantitative estimate of drug-likeness (QED) is 0.895. The number of nitrogens with one attached hydrogen (secondary N) is 1. The Balaban J connectivity index is 1.25. The Morgan fingerprint density at radius 2 is 1.75 bits per heavy atom. The molecule has 1 N–H and O–H groups in total. The Hall–Kier alpha value is -2.10. The van der Waals surface area contributed by atoms with Crippen LogP contribution in [-0.4, -0.2) is 10.9 Å². The lowest BCUT2D eigenvalue weighted by Crippen LogP contribution is -2.15. The van der Waals surface area contributed by atoms with Crippen molar-refractivity contribution < 1.29 is 9.21 Å². The minimum absolute atomic E-state index is 0.204. The number of fused-ring (bicyclic) bond motifs is 1. The summed E-state index contributed by atoms with van der Waals surface area (Å²) in [5, 5.41) is 3.09. The van der Waals surface area contributed by atoms with Crippen molar-refractivity contribution >= 4 is 11.6 Å². The number of hydrogen-bond acceptors (Lipinski definition) is 3. The van der Waals surface area contributed by atoms with Gasteiger partial charge in [0.05, 0.1) is 6.20 Å². The average Bonchev–Trinajstić information content (AvgIpc) is 3.52. The van der Waals surface area contributed by atoms with Gasteiger partial charge in [-0.2, -0.15) is 0 Å². The lowest BCUT2D eigenvalue weighted by atomic mass is 10.0. The van der Waals surface area contributed by atoms with E-state index in [-0.39, 0.29) is 11.8 Å². The zero-order chi connectivity index (χ0) is 16.1. The number of aromatic nitrogens is 1. The standard InChI is InChI=1S/C20H22N2O2/c23-19(18-15-3-1-2-4-16(15)18)22-14-9-7-12(8-10-14)17-11-21-20(24-17)13-5-6-13/h7-11,13,15-16,18H,1-6H2,(H,22,23). The first-order valence-electron chi connectivity index (χ1n) is 9.16. The van der Waals surface area contributed by atoms with Crippen LogP contribution < -0.4 is 5.32 Å². The summed E-state index contributed by atoms with van der Waals surface area (Å²) in [6.07, 6.45) is 9.23. The third kappa shape index (κ3) is 2.54. The second-order valence-electron chi connectivity index (χ2n) is 7.54. The number of hydrogen-bond donors (Lipinski definition) is 1. The molecule has 0 aliphatic heterocycles. The summed E-state index contributed by atoms with van der Waals surface area (Å²) in [4.78, 5) is 16.8. The molecular weight excluding hydrogens is 300 g/mol. The zero-order valence-corrected chi connectivity index (χ0v) is 13.7. The molecule has 4 heteroatoms. The first-order valence-corrected chi connectivity index (χ1v) is 9.16. The van der Waals surface area contributed by atoms with Crippen LogP contribution in [0, 0.1) is 17.8 Å². The molecule has 3 aliphatic carbocycles. The lowest BCUT2D eigenvalue weighted by molar-refractivity contribution is -0.117. The van der Waals surface area contributed by atoms with Gasteiger partial charge in [0.2, 0.25) is 5.91 Å². The van der Waals surface area contributed by atoms with Crippen molar-refractivity contribution in [3.63, 3.8) is 0 Å². The van der Waals surface area contributed by atoms with Crippen molar-refractivity contribution in [3.05, 3.63) is 36.4 Å². The first-order chi connectivity index (χ1) is 11.8. The molecule has 4 nitrogen and oxygen atoms in total. The molecule has 24 heavy (non-hydrogen) atoms. The molecule has 5 rings (SSSR count). The minimum Gasteiger partial charge on any atom is -0.440 e. The van der Waals surface area contributed by atoms with E-state index in [4.69, 9.17) is 4.42 Å². The van der Waals surface area contributed by atoms with E-state index >= 15 is 0 Å². The number of carbonyl (C=O) groups excluding carboxylic acids is 1. The number of oxazole rings is 1. The molecule has 1 aromatic carbocycles. The van der Waals surface area contributed by atoms with Crippen molar-refractivity contribution in [2.75, 3.05) is 5.32 Å². The molecule has 1 aromatic heterocycles. The van der Waals surface area contributed by atoms with E-state index in [0.717, 1.165) is 22.9 Å². The molecular formula is C20H22N2O2. The van der Waals surface area contributed by atoms with Gasteiger partial charge >= 0.3 is 0 Å². The average molecular weight is 322 g/mol. The van der Waals surface area contributed by atoms with Gasteiger partial charge < -0.3 is 9.73 Å². The maximum atomic E-state index is 12.4. The number of anilines is 1. The van der Waals surface area contributed by atoms with E-state index in [0.29, 0.717) is 17.8 Å². The molecule has 0 bridgehead atoms. The summed E-state index contributed by atoms with van der Waals surface area (Å²) in [5.74, 6) is 3.94. The fourth-order valence-corrected chi connectivity index (χ4v) is 4.26. The number of rotatable bonds is 4. The molecule has 1 amide bonds. The highest BCUT2D eigenvalue weighted by Crippen LogP contribution is 2.55. The van der Waals surface area contributed by atoms with Crippen molar-refractivity contribution in [1.29, 1.82) is 0 Å². The molecule has 2 aromatic rings. The SMILES string of the molecule is O=C(Nc1ccc(-c2cnc(C3CC3)o2)cc1)C1C2CCCCC21. The molecule has 0 spiro atoms. The van der Waals surface area contributed by atoms with Crippen LogP contribution in [0.4, 0.5) is 5.69 Å². The van der Waals surface area contributed by atoms with Crippen LogP contribution in [-0.2, 0) is 4.79 Å². The van der Waals surface area contributed by atoms with Gasteiger partial charge in [-0.05, 0) is 61.8 Å². The highest BCUT2D eigenvalue weighted by molar-refractivity contribution is 5.95. The number of nitrogens with zero attached hydrogens (tertiary/aromatic N) is 1. The smallest absolute Gasteiger partial charge is 0.228 e. The van der Waals surface area contributed by atoms with Gasteiger partial charge in [-0.3, -0.25) is 4.79 Å². The maximum absolute atomic E-state index is 12.4. The summed E-state index contributed by atoms with van der Waals surface area (Å²) in [6.45, 7) is 0. The summed E-state index contributed by atoms with van der Waals surface area (Å²) >= 11 is 0. The fraction of sp³-hybridized carbons (Fsp3) is 0.500. The number of carbonyl (C=O) groups is 1. The van der Waals surface area contributed by atoms with Crippen molar-refractivity contribution in [2.45, 2.75) is 44.4 Å². The van der Waals surface area contributed by atoms with Crippen molar-refractivity contribution in [3.8, 4) is 11.3 Å². The van der Waals surface area contributed by atoms with Crippen molar-refractivity contribution in [1.82, 2.24) is 4.98 Å². The highest BCUT2D eigenvalue weighted by atomic mass is 16.4. The molecule has 2 atom stereocenters. The Labute approximate surface area is 141 Å². The number of benzene rings is 1. The zero-order valence-electron chi connectivity index (χ0n) is 13.7. The van der Waals surface area contributed by atoms with Gasteiger partial charge in [0, 0.05) is 23.1 Å². The molecule has 0 saturated heterocycles. The van der Waals surface area contributed by atoms with Crippen LogP contribution in [0.3, 0.4) is 0 Å². The summed E-state index contributed by atoms with van der Waals surface area (Å²) < 4.78 is 5.83. The predicted octanol–water partition coefficient (Wildman–Crippen LogP) is 4.59. The molecule has 124 valence electrons. The lowest BCUT2D eigenvalue weighted by Gasteiger charge is -2.05. The van der Waals surface area contributed by atoms with Crippen LogP contribution >= 0.6 is 0 Å². The third-order valence-electron chi connectivity index (χ3n) is 5.85. The number of amides is 1. The van der Waals surface area contributed by atoms with Crippen LogP contribution in [0.15, 0.2) is 34.9 Å². The summed E-state index contributed by atoms with van der Waals surface area (Å²) in [5.41, 5.74) is 1.88. The third-order valence-corrected chi connectivity index (χ3v) is 5.85. The Morgan fingerprint density at radius 3 is 2.42 bits per heavy atom. The van der Waals surface area contributed by atoms with E-state index < -0.39 is 0 Å². The van der Waals surface area contributed by atoms with E-state index in [1.807, 2.05) is 24.3 Å². The largest absolute Gasteiger partial charge is 0.440 e. The fourth-order valence-electron chi connectivity index (χ4n) is 4.26.